The summed E-state index contributed by atoms with van der Waals surface area (Å²) < 4.78 is 0. The van der Waals surface area contributed by atoms with E-state index in [-0.39, 0.29) is 12.3 Å². The molecule has 0 saturated carbocycles. The number of aliphatic hydroxyl groups excluding tert-OH is 1. The van der Waals surface area contributed by atoms with E-state index in [9.17, 15) is 9.59 Å². The highest BCUT2D eigenvalue weighted by molar-refractivity contribution is 5.84. The molecule has 0 bridgehead atoms. The van der Waals surface area contributed by atoms with Gasteiger partial charge in [0.1, 0.15) is 0 Å². The molecule has 1 atom stereocenters. The van der Waals surface area contributed by atoms with Crippen LogP contribution in [0.5, 0.6) is 0 Å². The number of rotatable bonds is 5. The van der Waals surface area contributed by atoms with Crippen molar-refractivity contribution in [2.24, 2.45) is 0 Å². The van der Waals surface area contributed by atoms with E-state index in [4.69, 9.17) is 10.2 Å². The van der Waals surface area contributed by atoms with Gasteiger partial charge in [-0.15, -0.1) is 0 Å². The fourth-order valence-corrected chi connectivity index (χ4v) is 1.44. The molecule has 0 heterocycles. The molecule has 0 aliphatic rings. The van der Waals surface area contributed by atoms with Crippen LogP contribution in [-0.4, -0.2) is 46.7 Å². The average molecular weight is 237 g/mol. The largest absolute Gasteiger partial charge is 0.480 e. The number of carbonyl (C=O) groups excluding carboxylic acids is 1. The zero-order valence-corrected chi connectivity index (χ0v) is 9.54. The molecule has 0 fully saturated rings. The number of aliphatic hydroxyl groups is 1. The Labute approximate surface area is 99.3 Å². The van der Waals surface area contributed by atoms with Crippen LogP contribution in [0.1, 0.15) is 5.56 Å². The first-order valence-electron chi connectivity index (χ1n) is 5.19. The Hall–Kier alpha value is -1.88. The Morgan fingerprint density at radius 2 is 1.88 bits per heavy atom. The zero-order valence-electron chi connectivity index (χ0n) is 9.54. The van der Waals surface area contributed by atoms with Gasteiger partial charge in [-0.3, -0.25) is 4.79 Å². The molecule has 0 aliphatic carbocycles. The standard InChI is InChI=1S/C12H15NO4/c1-13(10(8-14)12(16)17)11(15)7-9-5-3-2-4-6-9/h2-6,10,14H,7-8H2,1H3,(H,16,17). The quantitative estimate of drug-likeness (QED) is 0.763. The molecule has 1 amide bonds. The van der Waals surface area contributed by atoms with Gasteiger partial charge in [0, 0.05) is 7.05 Å². The lowest BCUT2D eigenvalue weighted by molar-refractivity contribution is -0.150. The molecule has 0 aromatic heterocycles. The Morgan fingerprint density at radius 3 is 2.35 bits per heavy atom. The van der Waals surface area contributed by atoms with Crippen LogP contribution in [0.25, 0.3) is 0 Å². The second kappa shape index (κ2) is 6.00. The zero-order chi connectivity index (χ0) is 12.8. The van der Waals surface area contributed by atoms with Gasteiger partial charge in [0.2, 0.25) is 5.91 Å². The van der Waals surface area contributed by atoms with Crippen LogP contribution in [0.3, 0.4) is 0 Å². The summed E-state index contributed by atoms with van der Waals surface area (Å²) in [7, 11) is 1.38. The number of hydrogen-bond acceptors (Lipinski definition) is 3. The number of benzene rings is 1. The minimum absolute atomic E-state index is 0.126. The second-order valence-corrected chi connectivity index (χ2v) is 3.70. The molecule has 5 nitrogen and oxygen atoms in total. The number of carbonyl (C=O) groups is 2. The van der Waals surface area contributed by atoms with E-state index >= 15 is 0 Å². The smallest absolute Gasteiger partial charge is 0.328 e. The highest BCUT2D eigenvalue weighted by atomic mass is 16.4. The Balaban J connectivity index is 2.67. The maximum atomic E-state index is 11.8. The van der Waals surface area contributed by atoms with E-state index < -0.39 is 18.6 Å². The number of likely N-dealkylation sites (N-methyl/N-ethyl adjacent to an activating group) is 1. The molecule has 1 aromatic rings. The molecule has 5 heteroatoms. The summed E-state index contributed by atoms with van der Waals surface area (Å²) in [5.74, 6) is -1.55. The lowest BCUT2D eigenvalue weighted by Crippen LogP contribution is -2.45. The molecule has 0 aliphatic heterocycles. The third-order valence-electron chi connectivity index (χ3n) is 2.52. The SMILES string of the molecule is CN(C(=O)Cc1ccccc1)C(CO)C(=O)O. The number of carboxylic acid groups (broad SMARTS) is 1. The molecule has 1 aromatic carbocycles. The van der Waals surface area contributed by atoms with Gasteiger partial charge in [0.05, 0.1) is 13.0 Å². The topological polar surface area (TPSA) is 77.8 Å². The molecule has 0 saturated heterocycles. The highest BCUT2D eigenvalue weighted by Crippen LogP contribution is 2.04. The monoisotopic (exact) mass is 237 g/mol. The van der Waals surface area contributed by atoms with Crippen molar-refractivity contribution in [1.29, 1.82) is 0 Å². The first-order valence-corrected chi connectivity index (χ1v) is 5.19. The van der Waals surface area contributed by atoms with Crippen molar-refractivity contribution in [2.45, 2.75) is 12.5 Å². The maximum absolute atomic E-state index is 11.8. The van der Waals surface area contributed by atoms with Crippen LogP contribution < -0.4 is 0 Å². The number of carboxylic acids is 1. The molecular formula is C12H15NO4. The summed E-state index contributed by atoms with van der Waals surface area (Å²) in [6.07, 6.45) is 0.126. The van der Waals surface area contributed by atoms with Gasteiger partial charge in [0.15, 0.2) is 6.04 Å². The summed E-state index contributed by atoms with van der Waals surface area (Å²) >= 11 is 0. The van der Waals surface area contributed by atoms with E-state index in [2.05, 4.69) is 0 Å². The molecular weight excluding hydrogens is 222 g/mol. The van der Waals surface area contributed by atoms with Crippen molar-refractivity contribution < 1.29 is 19.8 Å². The van der Waals surface area contributed by atoms with E-state index in [1.165, 1.54) is 7.05 Å². The maximum Gasteiger partial charge on any atom is 0.328 e. The van der Waals surface area contributed by atoms with Gasteiger partial charge in [-0.05, 0) is 5.56 Å². The van der Waals surface area contributed by atoms with Crippen molar-refractivity contribution in [3.63, 3.8) is 0 Å². The van der Waals surface area contributed by atoms with Crippen LogP contribution in [-0.2, 0) is 16.0 Å². The molecule has 1 rings (SSSR count). The van der Waals surface area contributed by atoms with Crippen molar-refractivity contribution in [3.8, 4) is 0 Å². The molecule has 2 N–H and O–H groups in total. The van der Waals surface area contributed by atoms with Gasteiger partial charge >= 0.3 is 5.97 Å². The van der Waals surface area contributed by atoms with Crippen molar-refractivity contribution >= 4 is 11.9 Å². The van der Waals surface area contributed by atoms with E-state index in [0.29, 0.717) is 0 Å². The molecule has 17 heavy (non-hydrogen) atoms. The van der Waals surface area contributed by atoms with E-state index in [1.807, 2.05) is 18.2 Å². The van der Waals surface area contributed by atoms with Crippen molar-refractivity contribution in [3.05, 3.63) is 35.9 Å². The summed E-state index contributed by atoms with van der Waals surface area (Å²) in [6, 6.07) is 7.85. The first-order chi connectivity index (χ1) is 8.06. The Kier molecular flexibility index (Phi) is 4.66. The van der Waals surface area contributed by atoms with Crippen LogP contribution in [0.15, 0.2) is 30.3 Å². The second-order valence-electron chi connectivity index (χ2n) is 3.70. The minimum atomic E-state index is -1.21. The summed E-state index contributed by atoms with van der Waals surface area (Å²) in [6.45, 7) is -0.591. The lowest BCUT2D eigenvalue weighted by atomic mass is 10.1. The highest BCUT2D eigenvalue weighted by Gasteiger charge is 2.25. The van der Waals surface area contributed by atoms with Crippen LogP contribution in [0, 0.1) is 0 Å². The van der Waals surface area contributed by atoms with E-state index in [0.717, 1.165) is 10.5 Å². The van der Waals surface area contributed by atoms with E-state index in [1.54, 1.807) is 12.1 Å². The lowest BCUT2D eigenvalue weighted by Gasteiger charge is -2.23. The Morgan fingerprint density at radius 1 is 1.29 bits per heavy atom. The summed E-state index contributed by atoms with van der Waals surface area (Å²) in [5, 5.41) is 17.7. The van der Waals surface area contributed by atoms with Crippen LogP contribution >= 0.6 is 0 Å². The van der Waals surface area contributed by atoms with Crippen molar-refractivity contribution in [1.82, 2.24) is 4.90 Å². The number of aliphatic carboxylic acids is 1. The summed E-state index contributed by atoms with van der Waals surface area (Å²) in [5.41, 5.74) is 0.812. The fraction of sp³-hybridized carbons (Fsp3) is 0.333. The predicted molar refractivity (Wildman–Crippen MR) is 61.4 cm³/mol. The molecule has 0 spiro atoms. The Bertz CT molecular complexity index is 391. The van der Waals surface area contributed by atoms with Gasteiger partial charge < -0.3 is 15.1 Å². The minimum Gasteiger partial charge on any atom is -0.480 e. The van der Waals surface area contributed by atoms with Crippen molar-refractivity contribution in [2.75, 3.05) is 13.7 Å². The number of hydrogen-bond donors (Lipinski definition) is 2. The third kappa shape index (κ3) is 3.57. The van der Waals surface area contributed by atoms with Crippen LogP contribution in [0.2, 0.25) is 0 Å². The molecule has 1 unspecified atom stereocenters. The third-order valence-corrected chi connectivity index (χ3v) is 2.52. The van der Waals surface area contributed by atoms with Gasteiger partial charge in [0.25, 0.3) is 0 Å². The number of nitrogens with zero attached hydrogens (tertiary/aromatic N) is 1. The summed E-state index contributed by atoms with van der Waals surface area (Å²) in [4.78, 5) is 23.6. The predicted octanol–water partition coefficient (Wildman–Crippen LogP) is 0.133. The van der Waals surface area contributed by atoms with Crippen LogP contribution in [0.4, 0.5) is 0 Å². The van der Waals surface area contributed by atoms with Gasteiger partial charge in [-0.2, -0.15) is 0 Å². The average Bonchev–Trinajstić information content (AvgIpc) is 2.30. The number of amides is 1. The molecule has 92 valence electrons. The van der Waals surface area contributed by atoms with Gasteiger partial charge in [-0.25, -0.2) is 4.79 Å². The fourth-order valence-electron chi connectivity index (χ4n) is 1.44. The molecule has 0 radical (unpaired) electrons. The first kappa shape index (κ1) is 13.2. The van der Waals surface area contributed by atoms with Gasteiger partial charge in [-0.1, -0.05) is 30.3 Å². The normalized spacial score (nSPS) is 11.9.